The van der Waals surface area contributed by atoms with Crippen LogP contribution >= 0.6 is 0 Å². The number of aliphatic hydroxyl groups excluding tert-OH is 1. The van der Waals surface area contributed by atoms with Crippen molar-refractivity contribution < 1.29 is 14.6 Å². The number of likely N-dealkylation sites (N-methyl/N-ethyl adjacent to an activating group) is 1. The quantitative estimate of drug-likeness (QED) is 0.897. The first-order valence-electron chi connectivity index (χ1n) is 7.47. The zero-order chi connectivity index (χ0) is 15.1. The molecule has 1 fully saturated rings. The highest BCUT2D eigenvalue weighted by molar-refractivity contribution is 5.67. The molecule has 1 aromatic carbocycles. The second kappa shape index (κ2) is 8.00. The normalized spacial score (nSPS) is 18.8. The summed E-state index contributed by atoms with van der Waals surface area (Å²) < 4.78 is 5.37. The molecular weight excluding hydrogens is 268 g/mol. The Kier molecular flexibility index (Phi) is 6.02. The van der Waals surface area contributed by atoms with Crippen molar-refractivity contribution in [1.29, 1.82) is 0 Å². The minimum atomic E-state index is -0.249. The number of carbonyl (C=O) groups is 1. The lowest BCUT2D eigenvalue weighted by atomic mass is 10.1. The molecule has 116 valence electrons. The third kappa shape index (κ3) is 4.72. The number of piperidine rings is 1. The average Bonchev–Trinajstić information content (AvgIpc) is 2.54. The number of rotatable bonds is 5. The summed E-state index contributed by atoms with van der Waals surface area (Å²) in [4.78, 5) is 16.0. The number of likely N-dealkylation sites (tertiary alicyclic amines) is 1. The Hall–Kier alpha value is -1.59. The number of amides is 1. The van der Waals surface area contributed by atoms with Crippen LogP contribution in [0.4, 0.5) is 4.79 Å². The van der Waals surface area contributed by atoms with Crippen LogP contribution in [0.5, 0.6) is 0 Å². The maximum atomic E-state index is 12.1. The third-order valence-corrected chi connectivity index (χ3v) is 3.94. The minimum absolute atomic E-state index is 0.144. The van der Waals surface area contributed by atoms with E-state index in [0.29, 0.717) is 25.7 Å². The van der Waals surface area contributed by atoms with Crippen LogP contribution in [0.15, 0.2) is 30.3 Å². The van der Waals surface area contributed by atoms with E-state index in [1.165, 1.54) is 0 Å². The van der Waals surface area contributed by atoms with E-state index < -0.39 is 0 Å². The molecule has 1 aromatic rings. The molecule has 5 nitrogen and oxygen atoms in total. The molecule has 1 atom stereocenters. The molecule has 2 rings (SSSR count). The Bertz CT molecular complexity index is 438. The summed E-state index contributed by atoms with van der Waals surface area (Å²) in [6.45, 7) is 2.51. The molecule has 21 heavy (non-hydrogen) atoms. The van der Waals surface area contributed by atoms with Gasteiger partial charge in [-0.3, -0.25) is 4.90 Å². The lowest BCUT2D eigenvalue weighted by Crippen LogP contribution is -2.49. The third-order valence-electron chi connectivity index (χ3n) is 3.94. The van der Waals surface area contributed by atoms with Gasteiger partial charge in [0.2, 0.25) is 0 Å². The number of ether oxygens (including phenoxy) is 1. The first-order valence-corrected chi connectivity index (χ1v) is 7.47. The van der Waals surface area contributed by atoms with Gasteiger partial charge in [-0.1, -0.05) is 30.3 Å². The van der Waals surface area contributed by atoms with Crippen LogP contribution < -0.4 is 0 Å². The summed E-state index contributed by atoms with van der Waals surface area (Å²) in [5.41, 5.74) is 0.997. The lowest BCUT2D eigenvalue weighted by molar-refractivity contribution is 0.0631. The summed E-state index contributed by atoms with van der Waals surface area (Å²) in [7, 11) is 1.99. The molecule has 1 heterocycles. The van der Waals surface area contributed by atoms with Gasteiger partial charge in [0, 0.05) is 25.7 Å². The first kappa shape index (κ1) is 15.8. The SMILES string of the molecule is CN(CCO)[C@H]1CCCN(C(=O)OCc2ccccc2)C1. The standard InChI is InChI=1S/C16H24N2O3/c1-17(10-11-19)15-8-5-9-18(12-15)16(20)21-13-14-6-3-2-4-7-14/h2-4,6-7,15,19H,5,8-13H2,1H3/t15-/m0/s1. The summed E-state index contributed by atoms with van der Waals surface area (Å²) in [6.07, 6.45) is 1.78. The predicted molar refractivity (Wildman–Crippen MR) is 80.9 cm³/mol. The Labute approximate surface area is 126 Å². The smallest absolute Gasteiger partial charge is 0.410 e. The highest BCUT2D eigenvalue weighted by Gasteiger charge is 2.26. The molecule has 5 heteroatoms. The fraction of sp³-hybridized carbons (Fsp3) is 0.562. The molecule has 1 aliphatic rings. The van der Waals surface area contributed by atoms with Gasteiger partial charge in [0.1, 0.15) is 6.61 Å². The average molecular weight is 292 g/mol. The number of aliphatic hydroxyl groups is 1. The van der Waals surface area contributed by atoms with E-state index in [1.807, 2.05) is 37.4 Å². The van der Waals surface area contributed by atoms with Gasteiger partial charge in [-0.2, -0.15) is 0 Å². The van der Waals surface area contributed by atoms with E-state index in [0.717, 1.165) is 24.9 Å². The first-order chi connectivity index (χ1) is 10.2. The van der Waals surface area contributed by atoms with Crippen LogP contribution in [0.3, 0.4) is 0 Å². The second-order valence-corrected chi connectivity index (χ2v) is 5.49. The van der Waals surface area contributed by atoms with E-state index in [9.17, 15) is 4.79 Å². The van der Waals surface area contributed by atoms with Crippen LogP contribution in [0.1, 0.15) is 18.4 Å². The molecule has 1 N–H and O–H groups in total. The molecular formula is C16H24N2O3. The van der Waals surface area contributed by atoms with Crippen molar-refractivity contribution in [2.45, 2.75) is 25.5 Å². The van der Waals surface area contributed by atoms with Gasteiger partial charge in [0.05, 0.1) is 6.61 Å². The van der Waals surface area contributed by atoms with Crippen LogP contribution in [-0.2, 0) is 11.3 Å². The molecule has 0 aromatic heterocycles. The molecule has 0 unspecified atom stereocenters. The topological polar surface area (TPSA) is 53.0 Å². The maximum absolute atomic E-state index is 12.1. The van der Waals surface area contributed by atoms with Crippen molar-refractivity contribution >= 4 is 6.09 Å². The van der Waals surface area contributed by atoms with E-state index >= 15 is 0 Å². The van der Waals surface area contributed by atoms with Crippen molar-refractivity contribution in [2.24, 2.45) is 0 Å². The number of hydrogen-bond acceptors (Lipinski definition) is 4. The van der Waals surface area contributed by atoms with Gasteiger partial charge in [-0.05, 0) is 25.5 Å². The van der Waals surface area contributed by atoms with Crippen molar-refractivity contribution in [3.05, 3.63) is 35.9 Å². The van der Waals surface area contributed by atoms with E-state index in [-0.39, 0.29) is 12.7 Å². The van der Waals surface area contributed by atoms with E-state index in [1.54, 1.807) is 4.90 Å². The van der Waals surface area contributed by atoms with Gasteiger partial charge in [-0.15, -0.1) is 0 Å². The van der Waals surface area contributed by atoms with Gasteiger partial charge in [-0.25, -0.2) is 4.79 Å². The van der Waals surface area contributed by atoms with Crippen LogP contribution in [0.2, 0.25) is 0 Å². The van der Waals surface area contributed by atoms with Crippen molar-refractivity contribution in [3.8, 4) is 0 Å². The molecule has 0 radical (unpaired) electrons. The van der Waals surface area contributed by atoms with E-state index in [4.69, 9.17) is 9.84 Å². The molecule has 0 saturated carbocycles. The fourth-order valence-corrected chi connectivity index (χ4v) is 2.63. The summed E-state index contributed by atoms with van der Waals surface area (Å²) >= 11 is 0. The fourth-order valence-electron chi connectivity index (χ4n) is 2.63. The largest absolute Gasteiger partial charge is 0.445 e. The number of carbonyl (C=O) groups excluding carboxylic acids is 1. The number of nitrogens with zero attached hydrogens (tertiary/aromatic N) is 2. The predicted octanol–water partition coefficient (Wildman–Crippen LogP) is 1.71. The summed E-state index contributed by atoms with van der Waals surface area (Å²) in [6, 6.07) is 10.0. The highest BCUT2D eigenvalue weighted by Crippen LogP contribution is 2.16. The molecule has 1 saturated heterocycles. The molecule has 1 aliphatic heterocycles. The van der Waals surface area contributed by atoms with Gasteiger partial charge in [0.25, 0.3) is 0 Å². The monoisotopic (exact) mass is 292 g/mol. The van der Waals surface area contributed by atoms with Crippen molar-refractivity contribution in [3.63, 3.8) is 0 Å². The molecule has 1 amide bonds. The zero-order valence-corrected chi connectivity index (χ0v) is 12.6. The second-order valence-electron chi connectivity index (χ2n) is 5.49. The van der Waals surface area contributed by atoms with E-state index in [2.05, 4.69) is 4.90 Å². The molecule has 0 bridgehead atoms. The van der Waals surface area contributed by atoms with Crippen molar-refractivity contribution in [1.82, 2.24) is 9.80 Å². The molecule has 0 spiro atoms. The number of hydrogen-bond donors (Lipinski definition) is 1. The number of benzene rings is 1. The minimum Gasteiger partial charge on any atom is -0.445 e. The van der Waals surface area contributed by atoms with Crippen LogP contribution in [0, 0.1) is 0 Å². The lowest BCUT2D eigenvalue weighted by Gasteiger charge is -2.36. The maximum Gasteiger partial charge on any atom is 0.410 e. The van der Waals surface area contributed by atoms with Crippen LogP contribution in [0.25, 0.3) is 0 Å². The van der Waals surface area contributed by atoms with Gasteiger partial charge >= 0.3 is 6.09 Å². The van der Waals surface area contributed by atoms with Crippen molar-refractivity contribution in [2.75, 3.05) is 33.3 Å². The Morgan fingerprint density at radius 1 is 1.43 bits per heavy atom. The van der Waals surface area contributed by atoms with Crippen LogP contribution in [-0.4, -0.2) is 60.3 Å². The van der Waals surface area contributed by atoms with Gasteiger partial charge < -0.3 is 14.7 Å². The molecule has 0 aliphatic carbocycles. The zero-order valence-electron chi connectivity index (χ0n) is 12.6. The Balaban J connectivity index is 1.81. The Morgan fingerprint density at radius 3 is 2.90 bits per heavy atom. The van der Waals surface area contributed by atoms with Gasteiger partial charge in [0.15, 0.2) is 0 Å². The summed E-state index contributed by atoms with van der Waals surface area (Å²) in [5.74, 6) is 0. The Morgan fingerprint density at radius 2 is 2.19 bits per heavy atom. The highest BCUT2D eigenvalue weighted by atomic mass is 16.6. The summed E-state index contributed by atoms with van der Waals surface area (Å²) in [5, 5.41) is 9.01.